The third kappa shape index (κ3) is 5.85. The number of hydrogen-bond acceptors (Lipinski definition) is 4. The highest BCUT2D eigenvalue weighted by Crippen LogP contribution is 2.07. The molecule has 0 spiro atoms. The van der Waals surface area contributed by atoms with Gasteiger partial charge in [0.05, 0.1) is 4.88 Å². The molecule has 5 nitrogen and oxygen atoms in total. The molecule has 0 aliphatic carbocycles. The highest BCUT2D eigenvalue weighted by atomic mass is 32.1. The molecule has 1 heterocycles. The normalized spacial score (nSPS) is 11.9. The van der Waals surface area contributed by atoms with Gasteiger partial charge in [0, 0.05) is 25.6 Å². The minimum Gasteiger partial charge on any atom is -0.396 e. The van der Waals surface area contributed by atoms with E-state index in [2.05, 4.69) is 10.6 Å². The maximum absolute atomic E-state index is 11.6. The van der Waals surface area contributed by atoms with Crippen molar-refractivity contribution in [2.75, 3.05) is 13.2 Å². The second-order valence-electron chi connectivity index (χ2n) is 4.17. The van der Waals surface area contributed by atoms with Crippen molar-refractivity contribution in [3.63, 3.8) is 0 Å². The summed E-state index contributed by atoms with van der Waals surface area (Å²) in [6, 6.07) is 3.56. The van der Waals surface area contributed by atoms with E-state index in [1.165, 1.54) is 11.3 Å². The lowest BCUT2D eigenvalue weighted by Gasteiger charge is -2.15. The van der Waals surface area contributed by atoms with E-state index in [0.29, 0.717) is 17.8 Å². The Morgan fingerprint density at radius 2 is 2.26 bits per heavy atom. The summed E-state index contributed by atoms with van der Waals surface area (Å²) in [7, 11) is 0. The molecular formula is C13H20N2O3S. The Morgan fingerprint density at radius 3 is 2.84 bits per heavy atom. The minimum atomic E-state index is -0.148. The summed E-state index contributed by atoms with van der Waals surface area (Å²) in [6.07, 6.45) is 1.59. The fourth-order valence-corrected chi connectivity index (χ4v) is 2.26. The molecule has 0 saturated heterocycles. The Hall–Kier alpha value is -1.40. The molecule has 1 unspecified atom stereocenters. The summed E-state index contributed by atoms with van der Waals surface area (Å²) in [5.74, 6) is -0.253. The first-order valence-electron chi connectivity index (χ1n) is 6.39. The van der Waals surface area contributed by atoms with Crippen LogP contribution < -0.4 is 10.6 Å². The molecule has 0 aliphatic heterocycles. The lowest BCUT2D eigenvalue weighted by molar-refractivity contribution is -0.121. The molecule has 1 aromatic heterocycles. The molecule has 3 N–H and O–H groups in total. The number of thiophene rings is 1. The van der Waals surface area contributed by atoms with Gasteiger partial charge in [0.2, 0.25) is 5.91 Å². The molecule has 0 saturated carbocycles. The quantitative estimate of drug-likeness (QED) is 0.670. The Kier molecular flexibility index (Phi) is 7.14. The molecule has 0 fully saturated rings. The number of aliphatic hydroxyl groups is 1. The molecule has 1 aromatic rings. The van der Waals surface area contributed by atoms with Gasteiger partial charge in [0.1, 0.15) is 0 Å². The van der Waals surface area contributed by atoms with Crippen molar-refractivity contribution in [3.05, 3.63) is 22.4 Å². The van der Waals surface area contributed by atoms with Crippen molar-refractivity contribution in [3.8, 4) is 0 Å². The smallest absolute Gasteiger partial charge is 0.261 e. The molecular weight excluding hydrogens is 264 g/mol. The molecule has 1 atom stereocenters. The van der Waals surface area contributed by atoms with Crippen molar-refractivity contribution in [1.82, 2.24) is 10.6 Å². The standard InChI is InChI=1S/C13H20N2O3S/c1-2-10(6-8-16)15-12(17)5-7-14-13(18)11-4-3-9-19-11/h3-4,9-10,16H,2,5-8H2,1H3,(H,14,18)(H,15,17). The molecule has 6 heteroatoms. The molecule has 106 valence electrons. The number of carbonyl (C=O) groups excluding carboxylic acids is 2. The lowest BCUT2D eigenvalue weighted by Crippen LogP contribution is -2.37. The number of hydrogen-bond donors (Lipinski definition) is 3. The summed E-state index contributed by atoms with van der Waals surface area (Å²) in [6.45, 7) is 2.34. The first-order valence-corrected chi connectivity index (χ1v) is 7.27. The summed E-state index contributed by atoms with van der Waals surface area (Å²) >= 11 is 1.37. The van der Waals surface area contributed by atoms with Gasteiger partial charge in [0.25, 0.3) is 5.91 Å². The summed E-state index contributed by atoms with van der Waals surface area (Å²) < 4.78 is 0. The van der Waals surface area contributed by atoms with Gasteiger partial charge in [0.15, 0.2) is 0 Å². The van der Waals surface area contributed by atoms with Crippen molar-refractivity contribution >= 4 is 23.2 Å². The van der Waals surface area contributed by atoms with Gasteiger partial charge in [-0.15, -0.1) is 11.3 Å². The van der Waals surface area contributed by atoms with Gasteiger partial charge in [-0.1, -0.05) is 13.0 Å². The SMILES string of the molecule is CCC(CCO)NC(=O)CCNC(=O)c1cccs1. The zero-order valence-electron chi connectivity index (χ0n) is 11.0. The minimum absolute atomic E-state index is 0.00509. The van der Waals surface area contributed by atoms with E-state index in [-0.39, 0.29) is 30.9 Å². The lowest BCUT2D eigenvalue weighted by atomic mass is 10.1. The summed E-state index contributed by atoms with van der Waals surface area (Å²) in [5.41, 5.74) is 0. The van der Waals surface area contributed by atoms with Gasteiger partial charge in [-0.3, -0.25) is 9.59 Å². The van der Waals surface area contributed by atoms with Crippen molar-refractivity contribution in [2.24, 2.45) is 0 Å². The first kappa shape index (κ1) is 15.7. The first-order chi connectivity index (χ1) is 9.17. The van der Waals surface area contributed by atoms with E-state index in [9.17, 15) is 9.59 Å². The Labute approximate surface area is 117 Å². The van der Waals surface area contributed by atoms with E-state index < -0.39 is 0 Å². The molecule has 0 bridgehead atoms. The van der Waals surface area contributed by atoms with Gasteiger partial charge in [-0.25, -0.2) is 0 Å². The largest absolute Gasteiger partial charge is 0.396 e. The maximum Gasteiger partial charge on any atom is 0.261 e. The average molecular weight is 284 g/mol. The Morgan fingerprint density at radius 1 is 1.47 bits per heavy atom. The van der Waals surface area contributed by atoms with Crippen molar-refractivity contribution < 1.29 is 14.7 Å². The van der Waals surface area contributed by atoms with Crippen LogP contribution in [0, 0.1) is 0 Å². The van der Waals surface area contributed by atoms with Gasteiger partial charge < -0.3 is 15.7 Å². The number of rotatable bonds is 8. The second kappa shape index (κ2) is 8.66. The monoisotopic (exact) mass is 284 g/mol. The van der Waals surface area contributed by atoms with Crippen LogP contribution in [0.5, 0.6) is 0 Å². The molecule has 0 aromatic carbocycles. The molecule has 2 amide bonds. The maximum atomic E-state index is 11.6. The zero-order valence-corrected chi connectivity index (χ0v) is 11.8. The zero-order chi connectivity index (χ0) is 14.1. The highest BCUT2D eigenvalue weighted by Gasteiger charge is 2.10. The number of nitrogens with one attached hydrogen (secondary N) is 2. The van der Waals surface area contributed by atoms with Crippen LogP contribution in [0.15, 0.2) is 17.5 Å². The number of carbonyl (C=O) groups is 2. The number of amides is 2. The fourth-order valence-electron chi connectivity index (χ4n) is 1.62. The molecule has 0 radical (unpaired) electrons. The van der Waals surface area contributed by atoms with E-state index in [1.807, 2.05) is 18.4 Å². The highest BCUT2D eigenvalue weighted by molar-refractivity contribution is 7.12. The van der Waals surface area contributed by atoms with Crippen LogP contribution in [-0.4, -0.2) is 36.1 Å². The van der Waals surface area contributed by atoms with E-state index in [4.69, 9.17) is 5.11 Å². The topological polar surface area (TPSA) is 78.4 Å². The van der Waals surface area contributed by atoms with Crippen molar-refractivity contribution in [1.29, 1.82) is 0 Å². The predicted molar refractivity (Wildman–Crippen MR) is 75.2 cm³/mol. The fraction of sp³-hybridized carbons (Fsp3) is 0.538. The van der Waals surface area contributed by atoms with E-state index in [1.54, 1.807) is 6.07 Å². The van der Waals surface area contributed by atoms with Crippen LogP contribution in [-0.2, 0) is 4.79 Å². The third-order valence-electron chi connectivity index (χ3n) is 2.72. The predicted octanol–water partition coefficient (Wildman–Crippen LogP) is 1.15. The van der Waals surface area contributed by atoms with Crippen LogP contribution in [0.4, 0.5) is 0 Å². The van der Waals surface area contributed by atoms with Gasteiger partial charge in [-0.05, 0) is 24.3 Å². The van der Waals surface area contributed by atoms with E-state index >= 15 is 0 Å². The van der Waals surface area contributed by atoms with Crippen LogP contribution >= 0.6 is 11.3 Å². The van der Waals surface area contributed by atoms with Crippen LogP contribution in [0.3, 0.4) is 0 Å². The second-order valence-corrected chi connectivity index (χ2v) is 5.12. The van der Waals surface area contributed by atoms with Gasteiger partial charge in [-0.2, -0.15) is 0 Å². The van der Waals surface area contributed by atoms with Crippen LogP contribution in [0.25, 0.3) is 0 Å². The molecule has 1 rings (SSSR count). The Bertz CT molecular complexity index is 393. The van der Waals surface area contributed by atoms with Crippen molar-refractivity contribution in [2.45, 2.75) is 32.2 Å². The molecule has 19 heavy (non-hydrogen) atoms. The van der Waals surface area contributed by atoms with E-state index in [0.717, 1.165) is 6.42 Å². The summed E-state index contributed by atoms with van der Waals surface area (Å²) in [4.78, 5) is 23.9. The van der Waals surface area contributed by atoms with Crippen LogP contribution in [0.1, 0.15) is 35.9 Å². The Balaban J connectivity index is 2.21. The van der Waals surface area contributed by atoms with Crippen LogP contribution in [0.2, 0.25) is 0 Å². The average Bonchev–Trinajstić information content (AvgIpc) is 2.92. The number of aliphatic hydroxyl groups excluding tert-OH is 1. The molecule has 0 aliphatic rings. The summed E-state index contributed by atoms with van der Waals surface area (Å²) in [5, 5.41) is 16.2. The third-order valence-corrected chi connectivity index (χ3v) is 3.59. The van der Waals surface area contributed by atoms with Gasteiger partial charge >= 0.3 is 0 Å².